The molecule has 13 heteroatoms. The Morgan fingerprint density at radius 2 is 1.97 bits per heavy atom. The number of benzene rings is 1. The Balaban J connectivity index is 2.33. The van der Waals surface area contributed by atoms with Crippen molar-refractivity contribution in [3.05, 3.63) is 51.6 Å². The molecule has 0 aliphatic heterocycles. The van der Waals surface area contributed by atoms with Crippen LogP contribution in [0.3, 0.4) is 0 Å². The fourth-order valence-corrected chi connectivity index (χ4v) is 3.16. The molecule has 8 nitrogen and oxygen atoms in total. The van der Waals surface area contributed by atoms with E-state index < -0.39 is 43.0 Å². The van der Waals surface area contributed by atoms with Crippen LogP contribution >= 0.6 is 23.2 Å². The highest BCUT2D eigenvalue weighted by atomic mass is 35.5. The van der Waals surface area contributed by atoms with E-state index >= 15 is 0 Å². The number of aryl methyl sites for hydroxylation is 1. The van der Waals surface area contributed by atoms with Gasteiger partial charge in [-0.15, -0.1) is 0 Å². The van der Waals surface area contributed by atoms with Crippen LogP contribution in [-0.2, 0) is 9.53 Å². The van der Waals surface area contributed by atoms with Gasteiger partial charge in [0, 0.05) is 18.3 Å². The maximum Gasteiger partial charge on any atom is 0.422 e. The first-order valence-corrected chi connectivity index (χ1v) is 10.1. The van der Waals surface area contributed by atoms with E-state index in [2.05, 4.69) is 25.7 Å². The number of ether oxygens (including phenoxy) is 1. The van der Waals surface area contributed by atoms with E-state index in [1.165, 1.54) is 31.4 Å². The van der Waals surface area contributed by atoms with Crippen molar-refractivity contribution in [2.75, 3.05) is 24.3 Å². The summed E-state index contributed by atoms with van der Waals surface area (Å²) in [5.41, 5.74) is 0.687. The average Bonchev–Trinajstić information content (AvgIpc) is 2.73. The third kappa shape index (κ3) is 7.79. The number of hydrogen-bond donors (Lipinski definition) is 4. The normalized spacial score (nSPS) is 12.0. The predicted octanol–water partition coefficient (Wildman–Crippen LogP) is 4.42. The summed E-state index contributed by atoms with van der Waals surface area (Å²) in [5, 5.41) is 15.8. The molecule has 1 unspecified atom stereocenters. The van der Waals surface area contributed by atoms with Crippen molar-refractivity contribution in [1.82, 2.24) is 10.3 Å². The van der Waals surface area contributed by atoms with Gasteiger partial charge in [0.15, 0.2) is 12.5 Å². The minimum absolute atomic E-state index is 0.0716. The third-order valence-electron chi connectivity index (χ3n) is 4.21. The number of halogens is 5. The number of carbonyl (C=O) groups is 2. The van der Waals surface area contributed by atoms with Crippen LogP contribution < -0.4 is 16.0 Å². The first-order chi connectivity index (χ1) is 15.4. The number of alkyl halides is 3. The summed E-state index contributed by atoms with van der Waals surface area (Å²) >= 11 is 12.1. The van der Waals surface area contributed by atoms with Gasteiger partial charge in [0.05, 0.1) is 22.7 Å². The molecule has 0 bridgehead atoms. The second-order valence-corrected chi connectivity index (χ2v) is 7.62. The Labute approximate surface area is 197 Å². The maximum atomic E-state index is 13.1. The van der Waals surface area contributed by atoms with Crippen LogP contribution in [0, 0.1) is 12.3 Å². The van der Waals surface area contributed by atoms with Crippen molar-refractivity contribution in [2.45, 2.75) is 25.6 Å². The molecule has 1 atom stereocenters. The molecule has 33 heavy (non-hydrogen) atoms. The van der Waals surface area contributed by atoms with E-state index in [0.29, 0.717) is 5.56 Å². The van der Waals surface area contributed by atoms with Crippen molar-refractivity contribution in [2.24, 2.45) is 0 Å². The highest BCUT2D eigenvalue weighted by molar-refractivity contribution is 6.33. The fourth-order valence-electron chi connectivity index (χ4n) is 2.71. The Kier molecular flexibility index (Phi) is 8.89. The quantitative estimate of drug-likeness (QED) is 0.313. The second-order valence-electron chi connectivity index (χ2n) is 6.78. The van der Waals surface area contributed by atoms with Crippen molar-refractivity contribution in [3.8, 4) is 0 Å². The number of anilines is 2. The van der Waals surface area contributed by atoms with Gasteiger partial charge in [0.1, 0.15) is 11.9 Å². The number of aromatic nitrogens is 1. The molecule has 0 aliphatic rings. The summed E-state index contributed by atoms with van der Waals surface area (Å²) in [6, 6.07) is 4.60. The first-order valence-electron chi connectivity index (χ1n) is 9.38. The van der Waals surface area contributed by atoms with E-state index in [4.69, 9.17) is 28.6 Å². The Hall–Kier alpha value is -3.05. The van der Waals surface area contributed by atoms with Gasteiger partial charge in [0.2, 0.25) is 5.91 Å². The molecule has 0 radical (unpaired) electrons. The highest BCUT2D eigenvalue weighted by Gasteiger charge is 2.30. The molecule has 178 valence electrons. The van der Waals surface area contributed by atoms with Crippen LogP contribution in [0.15, 0.2) is 30.5 Å². The smallest absolute Gasteiger partial charge is 0.422 e. The fraction of sp³-hybridized carbons (Fsp3) is 0.300. The lowest BCUT2D eigenvalue weighted by molar-refractivity contribution is -0.156. The maximum absolute atomic E-state index is 13.1. The third-order valence-corrected chi connectivity index (χ3v) is 4.73. The van der Waals surface area contributed by atoms with Crippen LogP contribution in [-0.4, -0.2) is 48.6 Å². The predicted molar refractivity (Wildman–Crippen MR) is 119 cm³/mol. The molecule has 2 amide bonds. The monoisotopic (exact) mass is 505 g/mol. The summed E-state index contributed by atoms with van der Waals surface area (Å²) in [4.78, 5) is 29.3. The van der Waals surface area contributed by atoms with Gasteiger partial charge in [-0.25, -0.2) is 4.98 Å². The van der Waals surface area contributed by atoms with Gasteiger partial charge in [-0.05, 0) is 36.8 Å². The van der Waals surface area contributed by atoms with Crippen LogP contribution in [0.1, 0.15) is 22.3 Å². The number of nitrogens with one attached hydrogen (secondary N) is 4. The first kappa shape index (κ1) is 26.2. The van der Waals surface area contributed by atoms with E-state index in [9.17, 15) is 22.8 Å². The summed E-state index contributed by atoms with van der Waals surface area (Å²) in [6.07, 6.45) is -3.82. The van der Waals surface area contributed by atoms with Gasteiger partial charge in [-0.1, -0.05) is 23.2 Å². The SMILES string of the molecule is CNC(=O)c1cc(Cl)cc(C)c1NC(=O)C(CC(=N)OCC(F)(F)F)Nc1ncccc1Cl. The molecule has 0 spiro atoms. The minimum atomic E-state index is -4.65. The van der Waals surface area contributed by atoms with Crippen molar-refractivity contribution in [3.63, 3.8) is 0 Å². The van der Waals surface area contributed by atoms with Gasteiger partial charge >= 0.3 is 6.18 Å². The molecule has 2 aromatic rings. The molecule has 0 saturated heterocycles. The summed E-state index contributed by atoms with van der Waals surface area (Å²) in [6.45, 7) is -0.0674. The van der Waals surface area contributed by atoms with Gasteiger partial charge in [-0.3, -0.25) is 15.0 Å². The number of hydrogen-bond acceptors (Lipinski definition) is 6. The van der Waals surface area contributed by atoms with E-state index in [-0.39, 0.29) is 27.1 Å². The van der Waals surface area contributed by atoms with Crippen molar-refractivity contribution in [1.29, 1.82) is 5.41 Å². The summed E-state index contributed by atoms with van der Waals surface area (Å²) in [5.74, 6) is -2.00. The summed E-state index contributed by atoms with van der Waals surface area (Å²) < 4.78 is 41.7. The van der Waals surface area contributed by atoms with Gasteiger partial charge in [0.25, 0.3) is 5.91 Å². The van der Waals surface area contributed by atoms with E-state index in [1.807, 2.05) is 0 Å². The Bertz CT molecular complexity index is 1050. The van der Waals surface area contributed by atoms with Crippen LogP contribution in [0.5, 0.6) is 0 Å². The Morgan fingerprint density at radius 1 is 1.27 bits per heavy atom. The largest absolute Gasteiger partial charge is 0.472 e. The zero-order valence-corrected chi connectivity index (χ0v) is 19.0. The molecule has 1 aromatic carbocycles. The number of nitrogens with zero attached hydrogens (tertiary/aromatic N) is 1. The molecule has 0 aliphatic carbocycles. The molecule has 1 heterocycles. The molecule has 0 saturated carbocycles. The summed E-state index contributed by atoms with van der Waals surface area (Å²) in [7, 11) is 1.40. The Morgan fingerprint density at radius 3 is 2.58 bits per heavy atom. The molecule has 0 fully saturated rings. The highest BCUT2D eigenvalue weighted by Crippen LogP contribution is 2.27. The van der Waals surface area contributed by atoms with Gasteiger partial charge in [-0.2, -0.15) is 13.2 Å². The zero-order chi connectivity index (χ0) is 24.8. The second kappa shape index (κ2) is 11.2. The molecular formula is C20H20Cl2F3N5O3. The zero-order valence-electron chi connectivity index (χ0n) is 17.4. The van der Waals surface area contributed by atoms with E-state index in [0.717, 1.165) is 0 Å². The van der Waals surface area contributed by atoms with Gasteiger partial charge < -0.3 is 20.7 Å². The average molecular weight is 506 g/mol. The lowest BCUT2D eigenvalue weighted by Crippen LogP contribution is -2.38. The number of pyridine rings is 1. The van der Waals surface area contributed by atoms with Crippen LogP contribution in [0.4, 0.5) is 24.7 Å². The van der Waals surface area contributed by atoms with Crippen LogP contribution in [0.2, 0.25) is 10.0 Å². The molecule has 4 N–H and O–H groups in total. The number of rotatable bonds is 8. The minimum Gasteiger partial charge on any atom is -0.472 e. The number of amides is 2. The lowest BCUT2D eigenvalue weighted by atomic mass is 10.1. The van der Waals surface area contributed by atoms with E-state index in [1.54, 1.807) is 13.0 Å². The number of carbonyl (C=O) groups excluding carboxylic acids is 2. The van der Waals surface area contributed by atoms with Crippen molar-refractivity contribution >= 4 is 52.4 Å². The molecule has 2 rings (SSSR count). The topological polar surface area (TPSA) is 116 Å². The lowest BCUT2D eigenvalue weighted by Gasteiger charge is -2.22. The molecular weight excluding hydrogens is 486 g/mol. The molecule has 1 aromatic heterocycles. The standard InChI is InChI=1S/C20H20Cl2F3N5O3/c1-10-6-11(21)7-12(18(31)27-2)16(10)30-19(32)14(8-15(26)33-9-20(23,24)25)29-17-13(22)4-3-5-28-17/h3-7,14,26H,8-9H2,1-2H3,(H,27,31)(H,28,29)(H,30,32). The van der Waals surface area contributed by atoms with Crippen molar-refractivity contribution < 1.29 is 27.5 Å². The van der Waals surface area contributed by atoms with Crippen LogP contribution in [0.25, 0.3) is 0 Å².